The van der Waals surface area contributed by atoms with Crippen LogP contribution in [-0.4, -0.2) is 15.8 Å². The highest BCUT2D eigenvalue weighted by Crippen LogP contribution is 2.36. The summed E-state index contributed by atoms with van der Waals surface area (Å²) in [5.41, 5.74) is -1.14. The molecular formula is C18H10F3N3OS2. The van der Waals surface area contributed by atoms with Gasteiger partial charge < -0.3 is 0 Å². The fraction of sp³-hybridized carbons (Fsp3) is 0.111. The number of aromatic nitrogens is 2. The van der Waals surface area contributed by atoms with E-state index < -0.39 is 23.2 Å². The number of nitrogens with zero attached hydrogens (tertiary/aromatic N) is 3. The molecule has 0 aromatic carbocycles. The van der Waals surface area contributed by atoms with Crippen LogP contribution in [0.4, 0.5) is 13.2 Å². The average Bonchev–Trinajstić information content (AvgIpc) is 3.20. The Morgan fingerprint density at radius 1 is 1.26 bits per heavy atom. The van der Waals surface area contributed by atoms with E-state index in [1.54, 1.807) is 36.0 Å². The lowest BCUT2D eigenvalue weighted by molar-refractivity contribution is -0.141. The molecule has 0 atom stereocenters. The molecule has 0 fully saturated rings. The summed E-state index contributed by atoms with van der Waals surface area (Å²) in [6.45, 7) is 0. The van der Waals surface area contributed by atoms with Gasteiger partial charge in [-0.05, 0) is 35.2 Å². The van der Waals surface area contributed by atoms with Crippen LogP contribution in [0, 0.1) is 11.3 Å². The predicted molar refractivity (Wildman–Crippen MR) is 95.5 cm³/mol. The van der Waals surface area contributed by atoms with Crippen molar-refractivity contribution in [3.63, 3.8) is 0 Å². The molecule has 0 saturated heterocycles. The van der Waals surface area contributed by atoms with Gasteiger partial charge in [0.1, 0.15) is 11.1 Å². The number of thioether (sulfide) groups is 1. The van der Waals surface area contributed by atoms with E-state index >= 15 is 0 Å². The van der Waals surface area contributed by atoms with E-state index in [4.69, 9.17) is 0 Å². The molecule has 27 heavy (non-hydrogen) atoms. The topological polar surface area (TPSA) is 66.6 Å². The van der Waals surface area contributed by atoms with Crippen LogP contribution in [0.5, 0.6) is 0 Å². The number of halogens is 3. The highest BCUT2D eigenvalue weighted by atomic mass is 32.2. The van der Waals surface area contributed by atoms with E-state index in [1.807, 2.05) is 6.07 Å². The van der Waals surface area contributed by atoms with E-state index in [9.17, 15) is 23.2 Å². The molecule has 0 unspecified atom stereocenters. The first kappa shape index (κ1) is 19.1. The summed E-state index contributed by atoms with van der Waals surface area (Å²) in [5.74, 6) is -0.480. The molecule has 136 valence electrons. The number of pyridine rings is 2. The predicted octanol–water partition coefficient (Wildman–Crippen LogP) is 4.95. The largest absolute Gasteiger partial charge is 0.434 e. The standard InChI is InChI=1S/C18H10F3N3OS2/c19-18(20,21)16-13(15(25)14-2-1-7-26-14)8-12(9-22)17(24-16)27-10-11-3-5-23-6-4-11/h1-8H,10H2. The normalized spacial score (nSPS) is 11.2. The minimum absolute atomic E-state index is 0.0654. The Balaban J connectivity index is 2.03. The van der Waals surface area contributed by atoms with E-state index in [-0.39, 0.29) is 15.5 Å². The van der Waals surface area contributed by atoms with Gasteiger partial charge in [0.15, 0.2) is 5.69 Å². The third-order valence-electron chi connectivity index (χ3n) is 3.49. The summed E-state index contributed by atoms with van der Waals surface area (Å²) in [6.07, 6.45) is -1.68. The first-order chi connectivity index (χ1) is 12.9. The van der Waals surface area contributed by atoms with Gasteiger partial charge in [-0.3, -0.25) is 9.78 Å². The second kappa shape index (κ2) is 7.90. The molecule has 3 heterocycles. The Labute approximate surface area is 160 Å². The summed E-state index contributed by atoms with van der Waals surface area (Å²) in [4.78, 5) is 20.2. The molecule has 3 aromatic rings. The number of carbonyl (C=O) groups is 1. The molecule has 3 aromatic heterocycles. The lowest BCUT2D eigenvalue weighted by atomic mass is 10.1. The van der Waals surface area contributed by atoms with Crippen LogP contribution in [0.15, 0.2) is 53.1 Å². The lowest BCUT2D eigenvalue weighted by Gasteiger charge is -2.13. The molecule has 0 aliphatic carbocycles. The van der Waals surface area contributed by atoms with Gasteiger partial charge in [0.2, 0.25) is 5.78 Å². The van der Waals surface area contributed by atoms with Crippen molar-refractivity contribution in [1.82, 2.24) is 9.97 Å². The van der Waals surface area contributed by atoms with Gasteiger partial charge >= 0.3 is 6.18 Å². The quantitative estimate of drug-likeness (QED) is 0.444. The number of hydrogen-bond donors (Lipinski definition) is 0. The number of ketones is 1. The summed E-state index contributed by atoms with van der Waals surface area (Å²) in [6, 6.07) is 9.27. The lowest BCUT2D eigenvalue weighted by Crippen LogP contribution is -2.17. The zero-order valence-electron chi connectivity index (χ0n) is 13.5. The number of thiophene rings is 1. The van der Waals surface area contributed by atoms with Gasteiger partial charge in [-0.1, -0.05) is 6.07 Å². The molecule has 0 saturated carbocycles. The van der Waals surface area contributed by atoms with Gasteiger partial charge in [-0.15, -0.1) is 23.1 Å². The Morgan fingerprint density at radius 3 is 2.59 bits per heavy atom. The monoisotopic (exact) mass is 405 g/mol. The third-order valence-corrected chi connectivity index (χ3v) is 5.42. The average molecular weight is 405 g/mol. The SMILES string of the molecule is N#Cc1cc(C(=O)c2cccs2)c(C(F)(F)F)nc1SCc1ccncc1. The molecule has 9 heteroatoms. The second-order valence-corrected chi connectivity index (χ2v) is 7.21. The van der Waals surface area contributed by atoms with Crippen LogP contribution in [-0.2, 0) is 11.9 Å². The number of alkyl halides is 3. The third kappa shape index (κ3) is 4.35. The molecule has 0 radical (unpaired) electrons. The molecule has 4 nitrogen and oxygen atoms in total. The molecule has 0 aliphatic rings. The van der Waals surface area contributed by atoms with Crippen LogP contribution in [0.25, 0.3) is 0 Å². The Kier molecular flexibility index (Phi) is 5.58. The Hall–Kier alpha value is -2.70. The fourth-order valence-corrected chi connectivity index (χ4v) is 3.84. The van der Waals surface area contributed by atoms with Gasteiger partial charge in [0, 0.05) is 18.1 Å². The second-order valence-electron chi connectivity index (χ2n) is 5.30. The van der Waals surface area contributed by atoms with Crippen LogP contribution >= 0.6 is 23.1 Å². The molecule has 0 aliphatic heterocycles. The highest BCUT2D eigenvalue weighted by Gasteiger charge is 2.38. The van der Waals surface area contributed by atoms with Crippen LogP contribution in [0.3, 0.4) is 0 Å². The maximum absolute atomic E-state index is 13.5. The minimum atomic E-state index is -4.82. The van der Waals surface area contributed by atoms with Gasteiger partial charge in [-0.25, -0.2) is 4.98 Å². The van der Waals surface area contributed by atoms with Crippen molar-refractivity contribution in [2.75, 3.05) is 0 Å². The number of nitriles is 1. The zero-order valence-corrected chi connectivity index (χ0v) is 15.2. The highest BCUT2D eigenvalue weighted by molar-refractivity contribution is 7.98. The summed E-state index contributed by atoms with van der Waals surface area (Å²) in [5, 5.41) is 10.9. The Morgan fingerprint density at radius 2 is 2.00 bits per heavy atom. The smallest absolute Gasteiger partial charge is 0.288 e. The van der Waals surface area contributed by atoms with Crippen molar-refractivity contribution in [1.29, 1.82) is 5.26 Å². The molecule has 3 rings (SSSR count). The number of rotatable bonds is 5. The van der Waals surface area contributed by atoms with Crippen molar-refractivity contribution < 1.29 is 18.0 Å². The molecule has 0 N–H and O–H groups in total. The van der Waals surface area contributed by atoms with Crippen molar-refractivity contribution in [2.45, 2.75) is 17.0 Å². The van der Waals surface area contributed by atoms with Crippen LogP contribution in [0.1, 0.15) is 32.1 Å². The van der Waals surface area contributed by atoms with Gasteiger partial charge in [0.25, 0.3) is 0 Å². The maximum atomic E-state index is 13.5. The van der Waals surface area contributed by atoms with Crippen molar-refractivity contribution in [3.05, 3.63) is 75.4 Å². The molecule has 0 amide bonds. The Bertz CT molecular complexity index is 997. The minimum Gasteiger partial charge on any atom is -0.288 e. The first-order valence-corrected chi connectivity index (χ1v) is 9.39. The van der Waals surface area contributed by atoms with Crippen LogP contribution in [0.2, 0.25) is 0 Å². The number of hydrogen-bond acceptors (Lipinski definition) is 6. The fourth-order valence-electron chi connectivity index (χ4n) is 2.25. The van der Waals surface area contributed by atoms with Gasteiger partial charge in [-0.2, -0.15) is 18.4 Å². The van der Waals surface area contributed by atoms with E-state index in [2.05, 4.69) is 9.97 Å². The number of carbonyl (C=O) groups excluding carboxylic acids is 1. The molecular weight excluding hydrogens is 395 g/mol. The summed E-state index contributed by atoms with van der Waals surface area (Å²) < 4.78 is 40.6. The summed E-state index contributed by atoms with van der Waals surface area (Å²) in [7, 11) is 0. The van der Waals surface area contributed by atoms with E-state index in [0.29, 0.717) is 5.75 Å². The molecule has 0 bridgehead atoms. The summed E-state index contributed by atoms with van der Waals surface area (Å²) >= 11 is 2.03. The van der Waals surface area contributed by atoms with E-state index in [1.165, 1.54) is 6.07 Å². The van der Waals surface area contributed by atoms with E-state index in [0.717, 1.165) is 34.7 Å². The maximum Gasteiger partial charge on any atom is 0.434 e. The van der Waals surface area contributed by atoms with Crippen LogP contribution < -0.4 is 0 Å². The zero-order chi connectivity index (χ0) is 19.4. The van der Waals surface area contributed by atoms with Crippen molar-refractivity contribution >= 4 is 28.9 Å². The van der Waals surface area contributed by atoms with Crippen molar-refractivity contribution in [3.8, 4) is 6.07 Å². The molecule has 0 spiro atoms. The van der Waals surface area contributed by atoms with Gasteiger partial charge in [0.05, 0.1) is 16.0 Å². The first-order valence-electron chi connectivity index (χ1n) is 7.52. The van der Waals surface area contributed by atoms with Crippen molar-refractivity contribution in [2.24, 2.45) is 0 Å².